The third-order valence-corrected chi connectivity index (χ3v) is 2.66. The van der Waals surface area contributed by atoms with E-state index in [9.17, 15) is 5.11 Å². The molecule has 0 saturated heterocycles. The van der Waals surface area contributed by atoms with Crippen molar-refractivity contribution >= 4 is 0 Å². The van der Waals surface area contributed by atoms with Crippen molar-refractivity contribution in [2.45, 2.75) is 26.4 Å². The van der Waals surface area contributed by atoms with Crippen LogP contribution in [0.25, 0.3) is 0 Å². The van der Waals surface area contributed by atoms with Gasteiger partial charge in [-0.15, -0.1) is 0 Å². The topological polar surface area (TPSA) is 32.7 Å². The fourth-order valence-electron chi connectivity index (χ4n) is 1.54. The van der Waals surface area contributed by atoms with Crippen molar-refractivity contribution in [3.63, 3.8) is 0 Å². The molecule has 0 heterocycles. The second kappa shape index (κ2) is 7.30. The summed E-state index contributed by atoms with van der Waals surface area (Å²) in [6, 6.07) is 8.07. The minimum absolute atomic E-state index is 0.227. The Morgan fingerprint density at radius 1 is 1.35 bits per heavy atom. The summed E-state index contributed by atoms with van der Waals surface area (Å²) in [7, 11) is 2.04. The van der Waals surface area contributed by atoms with Crippen molar-refractivity contribution in [3.05, 3.63) is 29.8 Å². The van der Waals surface area contributed by atoms with E-state index in [-0.39, 0.29) is 6.10 Å². The van der Waals surface area contributed by atoms with Gasteiger partial charge >= 0.3 is 0 Å². The number of nitrogens with zero attached hydrogens (tertiary/aromatic N) is 1. The molecule has 0 aliphatic carbocycles. The molecule has 3 nitrogen and oxygen atoms in total. The van der Waals surface area contributed by atoms with E-state index in [0.717, 1.165) is 25.3 Å². The van der Waals surface area contributed by atoms with Gasteiger partial charge in [0.1, 0.15) is 12.4 Å². The number of hydrogen-bond donors (Lipinski definition) is 1. The molecule has 3 heteroatoms. The molecule has 1 N–H and O–H groups in total. The van der Waals surface area contributed by atoms with Crippen LogP contribution in [0.2, 0.25) is 0 Å². The molecule has 0 amide bonds. The first-order valence-corrected chi connectivity index (χ1v) is 6.14. The van der Waals surface area contributed by atoms with Crippen molar-refractivity contribution in [1.82, 2.24) is 4.90 Å². The van der Waals surface area contributed by atoms with Crippen molar-refractivity contribution in [3.8, 4) is 5.75 Å². The van der Waals surface area contributed by atoms with Gasteiger partial charge in [-0.2, -0.15) is 0 Å². The molecule has 0 aliphatic rings. The van der Waals surface area contributed by atoms with Crippen LogP contribution >= 0.6 is 0 Å². The summed E-state index contributed by atoms with van der Waals surface area (Å²) in [5.41, 5.74) is 1.21. The minimum atomic E-state index is -0.227. The maximum absolute atomic E-state index is 9.18. The van der Waals surface area contributed by atoms with Gasteiger partial charge in [0.2, 0.25) is 0 Å². The Bertz CT molecular complexity index is 326. The van der Waals surface area contributed by atoms with E-state index in [1.807, 2.05) is 32.2 Å². The number of hydrogen-bond acceptors (Lipinski definition) is 3. The third kappa shape index (κ3) is 6.29. The molecule has 0 saturated carbocycles. The Morgan fingerprint density at radius 2 is 2.12 bits per heavy atom. The largest absolute Gasteiger partial charge is 0.492 e. The molecule has 1 rings (SSSR count). The zero-order valence-corrected chi connectivity index (χ0v) is 11.0. The van der Waals surface area contributed by atoms with Crippen LogP contribution in [0, 0.1) is 6.92 Å². The molecule has 0 bridgehead atoms. The van der Waals surface area contributed by atoms with E-state index in [1.54, 1.807) is 0 Å². The van der Waals surface area contributed by atoms with Crippen LogP contribution in [0.4, 0.5) is 0 Å². The van der Waals surface area contributed by atoms with Crippen LogP contribution in [-0.2, 0) is 0 Å². The Labute approximate surface area is 104 Å². The Hall–Kier alpha value is -1.06. The predicted molar refractivity (Wildman–Crippen MR) is 70.5 cm³/mol. The molecule has 17 heavy (non-hydrogen) atoms. The third-order valence-electron chi connectivity index (χ3n) is 2.66. The van der Waals surface area contributed by atoms with E-state index in [2.05, 4.69) is 17.9 Å². The summed E-state index contributed by atoms with van der Waals surface area (Å²) in [6.45, 7) is 6.33. The van der Waals surface area contributed by atoms with Gasteiger partial charge in [0.25, 0.3) is 0 Å². The van der Waals surface area contributed by atoms with Crippen molar-refractivity contribution in [1.29, 1.82) is 0 Å². The van der Waals surface area contributed by atoms with Crippen LogP contribution in [-0.4, -0.2) is 42.9 Å². The molecular formula is C14H23NO2. The summed E-state index contributed by atoms with van der Waals surface area (Å²) >= 11 is 0. The highest BCUT2D eigenvalue weighted by atomic mass is 16.5. The standard InChI is InChI=1S/C14H23NO2/c1-12-5-4-6-14(11-12)17-10-9-15(3)8-7-13(2)16/h4-6,11,13,16H,7-10H2,1-3H3. The second-order valence-corrected chi connectivity index (χ2v) is 4.61. The second-order valence-electron chi connectivity index (χ2n) is 4.61. The first-order chi connectivity index (χ1) is 8.08. The maximum atomic E-state index is 9.18. The molecule has 1 unspecified atom stereocenters. The molecule has 0 aliphatic heterocycles. The number of benzene rings is 1. The SMILES string of the molecule is Cc1cccc(OCCN(C)CCC(C)O)c1. The van der Waals surface area contributed by atoms with Gasteiger partial charge in [-0.1, -0.05) is 12.1 Å². The van der Waals surface area contributed by atoms with Gasteiger partial charge in [-0.05, 0) is 45.0 Å². The summed E-state index contributed by atoms with van der Waals surface area (Å²) in [4.78, 5) is 2.17. The lowest BCUT2D eigenvalue weighted by molar-refractivity contribution is 0.157. The van der Waals surface area contributed by atoms with Crippen molar-refractivity contribution < 1.29 is 9.84 Å². The lowest BCUT2D eigenvalue weighted by atomic mass is 10.2. The predicted octanol–water partition coefficient (Wildman–Crippen LogP) is 2.08. The van der Waals surface area contributed by atoms with Gasteiger partial charge in [0, 0.05) is 13.1 Å². The van der Waals surface area contributed by atoms with E-state index >= 15 is 0 Å². The summed E-state index contributed by atoms with van der Waals surface area (Å²) in [6.07, 6.45) is 0.580. The lowest BCUT2D eigenvalue weighted by Gasteiger charge is -2.17. The first-order valence-electron chi connectivity index (χ1n) is 6.14. The highest BCUT2D eigenvalue weighted by Crippen LogP contribution is 2.11. The smallest absolute Gasteiger partial charge is 0.119 e. The molecule has 0 spiro atoms. The Balaban J connectivity index is 2.19. The monoisotopic (exact) mass is 237 g/mol. The minimum Gasteiger partial charge on any atom is -0.492 e. The van der Waals surface area contributed by atoms with Crippen molar-refractivity contribution in [2.75, 3.05) is 26.7 Å². The molecular weight excluding hydrogens is 214 g/mol. The Morgan fingerprint density at radius 3 is 2.76 bits per heavy atom. The number of rotatable bonds is 7. The van der Waals surface area contributed by atoms with Gasteiger partial charge in [-0.3, -0.25) is 0 Å². The molecule has 0 fully saturated rings. The van der Waals surface area contributed by atoms with E-state index in [1.165, 1.54) is 5.56 Å². The van der Waals surface area contributed by atoms with Crippen LogP contribution in [0.15, 0.2) is 24.3 Å². The molecule has 0 aromatic heterocycles. The van der Waals surface area contributed by atoms with Gasteiger partial charge < -0.3 is 14.7 Å². The zero-order valence-electron chi connectivity index (χ0n) is 11.0. The van der Waals surface area contributed by atoms with Gasteiger partial charge in [0.05, 0.1) is 6.10 Å². The normalized spacial score (nSPS) is 12.8. The summed E-state index contributed by atoms with van der Waals surface area (Å²) in [5, 5.41) is 9.18. The molecule has 1 aromatic rings. The molecule has 0 radical (unpaired) electrons. The van der Waals surface area contributed by atoms with Crippen LogP contribution in [0.1, 0.15) is 18.9 Å². The molecule has 1 aromatic carbocycles. The summed E-state index contributed by atoms with van der Waals surface area (Å²) in [5.74, 6) is 0.925. The average molecular weight is 237 g/mol. The average Bonchev–Trinajstić information content (AvgIpc) is 2.26. The fourth-order valence-corrected chi connectivity index (χ4v) is 1.54. The molecule has 1 atom stereocenters. The van der Waals surface area contributed by atoms with Gasteiger partial charge in [-0.25, -0.2) is 0 Å². The first kappa shape index (κ1) is 14.0. The number of aryl methyl sites for hydroxylation is 1. The number of ether oxygens (including phenoxy) is 1. The van der Waals surface area contributed by atoms with E-state index in [4.69, 9.17) is 4.74 Å². The fraction of sp³-hybridized carbons (Fsp3) is 0.571. The summed E-state index contributed by atoms with van der Waals surface area (Å²) < 4.78 is 5.66. The van der Waals surface area contributed by atoms with E-state index in [0.29, 0.717) is 6.61 Å². The highest BCUT2D eigenvalue weighted by Gasteiger charge is 2.01. The molecule has 96 valence electrons. The van der Waals surface area contributed by atoms with Gasteiger partial charge in [0.15, 0.2) is 0 Å². The maximum Gasteiger partial charge on any atom is 0.119 e. The number of likely N-dealkylation sites (N-methyl/N-ethyl adjacent to an activating group) is 1. The highest BCUT2D eigenvalue weighted by molar-refractivity contribution is 5.27. The van der Waals surface area contributed by atoms with Crippen molar-refractivity contribution in [2.24, 2.45) is 0 Å². The van der Waals surface area contributed by atoms with Crippen LogP contribution in [0.3, 0.4) is 0 Å². The Kier molecular flexibility index (Phi) is 6.01. The number of aliphatic hydroxyl groups excluding tert-OH is 1. The zero-order chi connectivity index (χ0) is 12.7. The van der Waals surface area contributed by atoms with Crippen LogP contribution < -0.4 is 4.74 Å². The van der Waals surface area contributed by atoms with E-state index < -0.39 is 0 Å². The quantitative estimate of drug-likeness (QED) is 0.788. The lowest BCUT2D eigenvalue weighted by Crippen LogP contribution is -2.27. The number of aliphatic hydroxyl groups is 1. The van der Waals surface area contributed by atoms with Crippen LogP contribution in [0.5, 0.6) is 5.75 Å².